The number of ether oxygens (including phenoxy) is 1. The number of carboxylic acids is 1. The number of carboxylic acid groups (broad SMARTS) is 1. The minimum absolute atomic E-state index is 0.170. The standard InChI is InChI=1S/C20H19NO4/c22-19(16-7-3-4-8-18(16)25-14-9-10-14)21-11-13-5-1-2-6-15(13)17(12-21)20(23)24/h1-8,14,17H,9-12H2,(H,23,24). The van der Waals surface area contributed by atoms with Crippen LogP contribution in [-0.4, -0.2) is 34.5 Å². The van der Waals surface area contributed by atoms with Gasteiger partial charge in [0.15, 0.2) is 0 Å². The summed E-state index contributed by atoms with van der Waals surface area (Å²) in [6.07, 6.45) is 2.23. The molecule has 1 aliphatic carbocycles. The highest BCUT2D eigenvalue weighted by Gasteiger charge is 2.34. The summed E-state index contributed by atoms with van der Waals surface area (Å²) < 4.78 is 5.85. The van der Waals surface area contributed by atoms with Crippen LogP contribution in [-0.2, 0) is 11.3 Å². The normalized spacial score (nSPS) is 19.2. The number of hydrogen-bond donors (Lipinski definition) is 1. The van der Waals surface area contributed by atoms with E-state index in [1.165, 1.54) is 0 Å². The summed E-state index contributed by atoms with van der Waals surface area (Å²) >= 11 is 0. The molecule has 1 saturated carbocycles. The van der Waals surface area contributed by atoms with Gasteiger partial charge in [0, 0.05) is 13.1 Å². The number of amides is 1. The molecule has 0 aromatic heterocycles. The molecule has 2 aliphatic rings. The van der Waals surface area contributed by atoms with E-state index in [-0.39, 0.29) is 18.6 Å². The number of rotatable bonds is 4. The Bertz CT molecular complexity index is 828. The highest BCUT2D eigenvalue weighted by molar-refractivity contribution is 5.97. The van der Waals surface area contributed by atoms with Crippen molar-refractivity contribution in [2.24, 2.45) is 0 Å². The third kappa shape index (κ3) is 3.09. The first kappa shape index (κ1) is 15.7. The number of carbonyl (C=O) groups is 2. The van der Waals surface area contributed by atoms with E-state index in [1.807, 2.05) is 30.3 Å². The molecule has 1 N–H and O–H groups in total. The summed E-state index contributed by atoms with van der Waals surface area (Å²) in [6, 6.07) is 14.6. The smallest absolute Gasteiger partial charge is 0.312 e. The van der Waals surface area contributed by atoms with Gasteiger partial charge in [-0.15, -0.1) is 0 Å². The second kappa shape index (κ2) is 6.24. The molecule has 2 aromatic carbocycles. The summed E-state index contributed by atoms with van der Waals surface area (Å²) in [6.45, 7) is 0.583. The second-order valence-electron chi connectivity index (χ2n) is 6.59. The molecule has 0 spiro atoms. The molecule has 1 fully saturated rings. The van der Waals surface area contributed by atoms with Crippen LogP contribution in [0.25, 0.3) is 0 Å². The van der Waals surface area contributed by atoms with E-state index in [0.717, 1.165) is 24.0 Å². The van der Waals surface area contributed by atoms with Crippen LogP contribution < -0.4 is 4.74 Å². The van der Waals surface area contributed by atoms with Crippen LogP contribution in [0.4, 0.5) is 0 Å². The van der Waals surface area contributed by atoms with Crippen molar-refractivity contribution in [3.63, 3.8) is 0 Å². The van der Waals surface area contributed by atoms with Crippen LogP contribution >= 0.6 is 0 Å². The SMILES string of the molecule is O=C(O)C1CN(C(=O)c2ccccc2OC2CC2)Cc2ccccc21. The van der Waals surface area contributed by atoms with Gasteiger partial charge in [-0.1, -0.05) is 36.4 Å². The number of para-hydroxylation sites is 1. The lowest BCUT2D eigenvalue weighted by Gasteiger charge is -2.33. The highest BCUT2D eigenvalue weighted by Crippen LogP contribution is 2.33. The van der Waals surface area contributed by atoms with Crippen LogP contribution in [0.1, 0.15) is 40.2 Å². The van der Waals surface area contributed by atoms with Crippen molar-refractivity contribution >= 4 is 11.9 Å². The van der Waals surface area contributed by atoms with Crippen LogP contribution in [0.5, 0.6) is 5.75 Å². The molecule has 1 atom stereocenters. The Hall–Kier alpha value is -2.82. The van der Waals surface area contributed by atoms with E-state index in [4.69, 9.17) is 4.74 Å². The Labute approximate surface area is 145 Å². The minimum Gasteiger partial charge on any atom is -0.490 e. The Morgan fingerprint density at radius 2 is 1.76 bits per heavy atom. The van der Waals surface area contributed by atoms with Gasteiger partial charge in [0.1, 0.15) is 5.75 Å². The van der Waals surface area contributed by atoms with Crippen molar-refractivity contribution in [1.29, 1.82) is 0 Å². The molecule has 1 amide bonds. The number of hydrogen-bond acceptors (Lipinski definition) is 3. The van der Waals surface area contributed by atoms with E-state index in [0.29, 0.717) is 17.9 Å². The zero-order valence-corrected chi connectivity index (χ0v) is 13.7. The summed E-state index contributed by atoms with van der Waals surface area (Å²) in [5.41, 5.74) is 2.18. The molecule has 1 unspecified atom stereocenters. The topological polar surface area (TPSA) is 66.8 Å². The van der Waals surface area contributed by atoms with Gasteiger partial charge in [0.2, 0.25) is 0 Å². The summed E-state index contributed by atoms with van der Waals surface area (Å²) in [4.78, 5) is 26.3. The number of benzene rings is 2. The maximum Gasteiger partial charge on any atom is 0.312 e. The predicted molar refractivity (Wildman–Crippen MR) is 91.7 cm³/mol. The quantitative estimate of drug-likeness (QED) is 0.931. The van der Waals surface area contributed by atoms with Crippen molar-refractivity contribution < 1.29 is 19.4 Å². The second-order valence-corrected chi connectivity index (χ2v) is 6.59. The molecule has 1 heterocycles. The van der Waals surface area contributed by atoms with E-state index >= 15 is 0 Å². The van der Waals surface area contributed by atoms with E-state index < -0.39 is 11.9 Å². The Morgan fingerprint density at radius 1 is 1.04 bits per heavy atom. The third-order valence-corrected chi connectivity index (χ3v) is 4.72. The fourth-order valence-electron chi connectivity index (χ4n) is 3.25. The van der Waals surface area contributed by atoms with Crippen LogP contribution in [0.2, 0.25) is 0 Å². The van der Waals surface area contributed by atoms with Crippen molar-refractivity contribution in [1.82, 2.24) is 4.90 Å². The number of carbonyl (C=O) groups excluding carboxylic acids is 1. The summed E-state index contributed by atoms with van der Waals surface area (Å²) in [5, 5.41) is 9.57. The number of nitrogens with zero attached hydrogens (tertiary/aromatic N) is 1. The molecular weight excluding hydrogens is 318 g/mol. The van der Waals surface area contributed by atoms with Crippen molar-refractivity contribution in [3.05, 3.63) is 65.2 Å². The molecule has 5 nitrogen and oxygen atoms in total. The molecule has 1 aliphatic heterocycles. The number of aliphatic carboxylic acids is 1. The maximum atomic E-state index is 13.1. The first-order valence-corrected chi connectivity index (χ1v) is 8.49. The summed E-state index contributed by atoms with van der Waals surface area (Å²) in [7, 11) is 0. The Kier molecular flexibility index (Phi) is 3.92. The molecule has 2 aromatic rings. The van der Waals surface area contributed by atoms with Gasteiger partial charge in [-0.3, -0.25) is 9.59 Å². The first-order chi connectivity index (χ1) is 12.1. The van der Waals surface area contributed by atoms with Crippen molar-refractivity contribution in [3.8, 4) is 5.75 Å². The largest absolute Gasteiger partial charge is 0.490 e. The van der Waals surface area contributed by atoms with E-state index in [1.54, 1.807) is 23.1 Å². The number of fused-ring (bicyclic) bond motifs is 1. The van der Waals surface area contributed by atoms with Gasteiger partial charge in [-0.05, 0) is 36.1 Å². The average Bonchev–Trinajstić information content (AvgIpc) is 3.44. The molecule has 25 heavy (non-hydrogen) atoms. The van der Waals surface area contributed by atoms with Gasteiger partial charge in [-0.2, -0.15) is 0 Å². The predicted octanol–water partition coefficient (Wildman–Crippen LogP) is 3.05. The van der Waals surface area contributed by atoms with Crippen LogP contribution in [0, 0.1) is 0 Å². The van der Waals surface area contributed by atoms with Gasteiger partial charge in [0.05, 0.1) is 17.6 Å². The van der Waals surface area contributed by atoms with Gasteiger partial charge < -0.3 is 14.7 Å². The summed E-state index contributed by atoms with van der Waals surface area (Å²) in [5.74, 6) is -1.21. The molecule has 0 bridgehead atoms. The maximum absolute atomic E-state index is 13.1. The van der Waals surface area contributed by atoms with Crippen molar-refractivity contribution in [2.45, 2.75) is 31.4 Å². The van der Waals surface area contributed by atoms with E-state index in [9.17, 15) is 14.7 Å². The van der Waals surface area contributed by atoms with E-state index in [2.05, 4.69) is 0 Å². The molecule has 128 valence electrons. The zero-order chi connectivity index (χ0) is 17.4. The monoisotopic (exact) mass is 337 g/mol. The fraction of sp³-hybridized carbons (Fsp3) is 0.300. The molecule has 5 heteroatoms. The molecule has 0 saturated heterocycles. The molecule has 4 rings (SSSR count). The van der Waals surface area contributed by atoms with Gasteiger partial charge in [0.25, 0.3) is 5.91 Å². The third-order valence-electron chi connectivity index (χ3n) is 4.72. The first-order valence-electron chi connectivity index (χ1n) is 8.49. The average molecular weight is 337 g/mol. The minimum atomic E-state index is -0.910. The zero-order valence-electron chi connectivity index (χ0n) is 13.7. The van der Waals surface area contributed by atoms with Gasteiger partial charge >= 0.3 is 5.97 Å². The van der Waals surface area contributed by atoms with Crippen LogP contribution in [0.15, 0.2) is 48.5 Å². The lowest BCUT2D eigenvalue weighted by Crippen LogP contribution is -2.40. The van der Waals surface area contributed by atoms with Gasteiger partial charge in [-0.25, -0.2) is 0 Å². The fourth-order valence-corrected chi connectivity index (χ4v) is 3.25. The van der Waals surface area contributed by atoms with Crippen molar-refractivity contribution in [2.75, 3.05) is 6.54 Å². The molecule has 0 radical (unpaired) electrons. The Balaban J connectivity index is 1.64. The lowest BCUT2D eigenvalue weighted by molar-refractivity contribution is -0.139. The molecular formula is C20H19NO4. The van der Waals surface area contributed by atoms with Crippen LogP contribution in [0.3, 0.4) is 0 Å². The Morgan fingerprint density at radius 3 is 2.52 bits per heavy atom. The highest BCUT2D eigenvalue weighted by atomic mass is 16.5. The lowest BCUT2D eigenvalue weighted by atomic mass is 9.89.